The summed E-state index contributed by atoms with van der Waals surface area (Å²) in [4.78, 5) is 11.9. The quantitative estimate of drug-likeness (QED) is 0.731. The first-order valence-electron chi connectivity index (χ1n) is 9.85. The first-order valence-corrected chi connectivity index (χ1v) is 9.85. The van der Waals surface area contributed by atoms with Crippen LogP contribution < -0.4 is 4.74 Å². The maximum atomic E-state index is 5.56. The van der Waals surface area contributed by atoms with Gasteiger partial charge in [0.25, 0.3) is 0 Å². The van der Waals surface area contributed by atoms with Gasteiger partial charge in [-0.05, 0) is 33.2 Å². The van der Waals surface area contributed by atoms with Crippen LogP contribution in [0.15, 0.2) is 36.5 Å². The number of rotatable bonds is 5. The highest BCUT2D eigenvalue weighted by Gasteiger charge is 2.25. The van der Waals surface area contributed by atoms with Crippen molar-refractivity contribution in [3.63, 3.8) is 0 Å². The Bertz CT molecular complexity index is 937. The van der Waals surface area contributed by atoms with Crippen molar-refractivity contribution in [3.8, 4) is 17.1 Å². The Labute approximate surface area is 166 Å². The van der Waals surface area contributed by atoms with E-state index in [1.54, 1.807) is 7.11 Å². The van der Waals surface area contributed by atoms with Gasteiger partial charge in [-0.1, -0.05) is 30.3 Å². The molecule has 6 nitrogen and oxygen atoms in total. The molecule has 1 aromatic carbocycles. The molecule has 2 aromatic heterocycles. The molecule has 0 saturated carbocycles. The number of aromatic nitrogens is 4. The van der Waals surface area contributed by atoms with Crippen LogP contribution >= 0.6 is 0 Å². The minimum Gasteiger partial charge on any atom is -0.496 e. The van der Waals surface area contributed by atoms with Crippen LogP contribution in [0, 0.1) is 13.8 Å². The summed E-state index contributed by atoms with van der Waals surface area (Å²) < 4.78 is 5.56. The average Bonchev–Trinajstić information content (AvgIpc) is 3.22. The van der Waals surface area contributed by atoms with Gasteiger partial charge in [-0.25, -0.2) is 4.98 Å². The van der Waals surface area contributed by atoms with E-state index < -0.39 is 0 Å². The molecule has 28 heavy (non-hydrogen) atoms. The van der Waals surface area contributed by atoms with Crippen LogP contribution in [0.25, 0.3) is 11.4 Å². The highest BCUT2D eigenvalue weighted by molar-refractivity contribution is 5.53. The molecule has 1 saturated heterocycles. The third kappa shape index (κ3) is 3.78. The van der Waals surface area contributed by atoms with E-state index in [0.717, 1.165) is 72.3 Å². The van der Waals surface area contributed by atoms with Gasteiger partial charge in [0.2, 0.25) is 0 Å². The Balaban J connectivity index is 1.48. The second kappa shape index (κ2) is 8.10. The van der Waals surface area contributed by atoms with Crippen molar-refractivity contribution >= 4 is 0 Å². The number of aromatic amines is 1. The summed E-state index contributed by atoms with van der Waals surface area (Å²) in [6.07, 6.45) is 4.18. The van der Waals surface area contributed by atoms with E-state index in [1.165, 1.54) is 0 Å². The third-order valence-electron chi connectivity index (χ3n) is 5.55. The van der Waals surface area contributed by atoms with Crippen LogP contribution in [0.3, 0.4) is 0 Å². The number of piperidine rings is 1. The first kappa shape index (κ1) is 18.6. The second-order valence-electron chi connectivity index (χ2n) is 7.53. The van der Waals surface area contributed by atoms with Gasteiger partial charge >= 0.3 is 0 Å². The molecule has 1 aliphatic rings. The molecule has 4 rings (SSSR count). The SMILES string of the molecule is COc1c(C)cnc(CN2CCC[C@@H](c3nc(-c4ccccc4)n[nH]3)C2)c1C. The number of hydrogen-bond donors (Lipinski definition) is 1. The predicted molar refractivity (Wildman–Crippen MR) is 109 cm³/mol. The molecule has 0 spiro atoms. The number of nitrogens with zero attached hydrogens (tertiary/aromatic N) is 4. The van der Waals surface area contributed by atoms with Crippen molar-refractivity contribution in [1.82, 2.24) is 25.1 Å². The summed E-state index contributed by atoms with van der Waals surface area (Å²) in [7, 11) is 1.73. The van der Waals surface area contributed by atoms with E-state index in [-0.39, 0.29) is 0 Å². The van der Waals surface area contributed by atoms with Gasteiger partial charge in [-0.2, -0.15) is 5.10 Å². The first-order chi connectivity index (χ1) is 13.7. The third-order valence-corrected chi connectivity index (χ3v) is 5.55. The lowest BCUT2D eigenvalue weighted by Crippen LogP contribution is -2.34. The lowest BCUT2D eigenvalue weighted by molar-refractivity contribution is 0.194. The van der Waals surface area contributed by atoms with Crippen LogP contribution in [-0.2, 0) is 6.54 Å². The van der Waals surface area contributed by atoms with Crippen molar-refractivity contribution < 1.29 is 4.74 Å². The fraction of sp³-hybridized carbons (Fsp3) is 0.409. The topological polar surface area (TPSA) is 66.9 Å². The fourth-order valence-electron chi connectivity index (χ4n) is 4.04. The summed E-state index contributed by atoms with van der Waals surface area (Å²) in [5, 5.41) is 7.61. The lowest BCUT2D eigenvalue weighted by atomic mass is 9.97. The zero-order chi connectivity index (χ0) is 19.5. The molecule has 6 heteroatoms. The smallest absolute Gasteiger partial charge is 0.181 e. The average molecular weight is 377 g/mol. The Morgan fingerprint density at radius 3 is 2.82 bits per heavy atom. The van der Waals surface area contributed by atoms with Gasteiger partial charge in [0.05, 0.1) is 12.8 Å². The van der Waals surface area contributed by atoms with E-state index in [9.17, 15) is 0 Å². The van der Waals surface area contributed by atoms with Crippen molar-refractivity contribution in [3.05, 3.63) is 59.2 Å². The molecule has 3 heterocycles. The van der Waals surface area contributed by atoms with Gasteiger partial charge in [0.15, 0.2) is 5.82 Å². The highest BCUT2D eigenvalue weighted by Crippen LogP contribution is 2.29. The highest BCUT2D eigenvalue weighted by atomic mass is 16.5. The van der Waals surface area contributed by atoms with E-state index >= 15 is 0 Å². The Morgan fingerprint density at radius 2 is 2.04 bits per heavy atom. The van der Waals surface area contributed by atoms with Crippen LogP contribution in [0.5, 0.6) is 5.75 Å². The van der Waals surface area contributed by atoms with Crippen LogP contribution in [0.1, 0.15) is 41.4 Å². The summed E-state index contributed by atoms with van der Waals surface area (Å²) >= 11 is 0. The molecular formula is C22H27N5O. The molecule has 1 aliphatic heterocycles. The van der Waals surface area contributed by atoms with Crippen LogP contribution in [0.2, 0.25) is 0 Å². The van der Waals surface area contributed by atoms with E-state index in [4.69, 9.17) is 9.72 Å². The number of methoxy groups -OCH3 is 1. The Hall–Kier alpha value is -2.73. The number of likely N-dealkylation sites (tertiary alicyclic amines) is 1. The predicted octanol–water partition coefficient (Wildman–Crippen LogP) is 3.87. The molecule has 3 aromatic rings. The van der Waals surface area contributed by atoms with Crippen molar-refractivity contribution in [2.24, 2.45) is 0 Å². The monoisotopic (exact) mass is 377 g/mol. The molecule has 1 fully saturated rings. The van der Waals surface area contributed by atoms with Crippen molar-refractivity contribution in [2.45, 2.75) is 39.2 Å². The van der Waals surface area contributed by atoms with Gasteiger partial charge in [-0.3, -0.25) is 15.0 Å². The van der Waals surface area contributed by atoms with E-state index in [1.807, 2.05) is 43.5 Å². The summed E-state index contributed by atoms with van der Waals surface area (Å²) in [6, 6.07) is 10.1. The maximum absolute atomic E-state index is 5.56. The summed E-state index contributed by atoms with van der Waals surface area (Å²) in [5.74, 6) is 3.07. The summed E-state index contributed by atoms with van der Waals surface area (Å²) in [5.41, 5.74) is 4.35. The van der Waals surface area contributed by atoms with Gasteiger partial charge in [0.1, 0.15) is 11.6 Å². The van der Waals surface area contributed by atoms with E-state index in [0.29, 0.717) is 5.92 Å². The number of aryl methyl sites for hydroxylation is 1. The zero-order valence-electron chi connectivity index (χ0n) is 16.8. The molecule has 0 radical (unpaired) electrons. The normalized spacial score (nSPS) is 17.6. The molecule has 1 N–H and O–H groups in total. The van der Waals surface area contributed by atoms with Gasteiger partial charge in [0, 0.05) is 41.9 Å². The number of pyridine rings is 1. The number of benzene rings is 1. The van der Waals surface area contributed by atoms with Gasteiger partial charge < -0.3 is 4.74 Å². The molecule has 0 aliphatic carbocycles. The minimum absolute atomic E-state index is 0.367. The molecule has 1 atom stereocenters. The molecule has 0 amide bonds. The largest absolute Gasteiger partial charge is 0.496 e. The van der Waals surface area contributed by atoms with Crippen molar-refractivity contribution in [1.29, 1.82) is 0 Å². The molecule has 0 unspecified atom stereocenters. The Kier molecular flexibility index (Phi) is 5.39. The number of ether oxygens (including phenoxy) is 1. The summed E-state index contributed by atoms with van der Waals surface area (Å²) in [6.45, 7) is 7.00. The molecule has 146 valence electrons. The molecular weight excluding hydrogens is 350 g/mol. The second-order valence-corrected chi connectivity index (χ2v) is 7.53. The van der Waals surface area contributed by atoms with Crippen LogP contribution in [0.4, 0.5) is 0 Å². The standard InChI is InChI=1S/C22H27N5O/c1-15-12-23-19(16(2)20(15)28-3)14-27-11-7-10-18(13-27)22-24-21(25-26-22)17-8-5-4-6-9-17/h4-6,8-9,12,18H,7,10-11,13-14H2,1-3H3,(H,24,25,26)/t18-/m1/s1. The maximum Gasteiger partial charge on any atom is 0.181 e. The lowest BCUT2D eigenvalue weighted by Gasteiger charge is -2.31. The van der Waals surface area contributed by atoms with Crippen molar-refractivity contribution in [2.75, 3.05) is 20.2 Å². The van der Waals surface area contributed by atoms with Crippen LogP contribution in [-0.4, -0.2) is 45.3 Å². The number of H-pyrrole nitrogens is 1. The Morgan fingerprint density at radius 1 is 1.21 bits per heavy atom. The zero-order valence-corrected chi connectivity index (χ0v) is 16.8. The van der Waals surface area contributed by atoms with Gasteiger partial charge in [-0.15, -0.1) is 0 Å². The molecule has 0 bridgehead atoms. The fourth-order valence-corrected chi connectivity index (χ4v) is 4.04. The minimum atomic E-state index is 0.367. The number of hydrogen-bond acceptors (Lipinski definition) is 5. The van der Waals surface area contributed by atoms with E-state index in [2.05, 4.69) is 27.0 Å². The number of nitrogens with one attached hydrogen (secondary N) is 1.